The fraction of sp³-hybridized carbons (Fsp3) is 0.636. The van der Waals surface area contributed by atoms with E-state index in [1.54, 1.807) is 6.08 Å². The lowest BCUT2D eigenvalue weighted by Crippen LogP contribution is -2.25. The van der Waals surface area contributed by atoms with Gasteiger partial charge in [0, 0.05) is 13.0 Å². The molecule has 0 heterocycles. The summed E-state index contributed by atoms with van der Waals surface area (Å²) < 4.78 is 5.91. The molecular weight excluding hydrogens is 296 g/mol. The zero-order valence-corrected chi connectivity index (χ0v) is 16.3. The molecule has 0 spiro atoms. The molecule has 1 N–H and O–H groups in total. The maximum atomic E-state index is 8.92. The Morgan fingerprint density at radius 3 is 2.71 bits per heavy atom. The predicted molar refractivity (Wildman–Crippen MR) is 103 cm³/mol. The second kappa shape index (κ2) is 9.25. The number of aliphatic hydroxyl groups is 1. The van der Waals surface area contributed by atoms with Gasteiger partial charge in [-0.2, -0.15) is 0 Å². The lowest BCUT2D eigenvalue weighted by Gasteiger charge is -2.33. The molecule has 0 saturated heterocycles. The minimum atomic E-state index is -0.574. The fourth-order valence-corrected chi connectivity index (χ4v) is 3.27. The Morgan fingerprint density at radius 2 is 2.12 bits per heavy atom. The number of allylic oxidation sites excluding steroid dienone is 4. The molecule has 0 radical (unpaired) electrons. The lowest BCUT2D eigenvalue weighted by molar-refractivity contribution is 0.0581. The third-order valence-electron chi connectivity index (χ3n) is 4.70. The van der Waals surface area contributed by atoms with Crippen LogP contribution in [0.1, 0.15) is 67.2 Å². The predicted octanol–water partition coefficient (Wildman–Crippen LogP) is 5.20. The number of rotatable bonds is 6. The van der Waals surface area contributed by atoms with Crippen molar-refractivity contribution in [2.24, 2.45) is 5.41 Å². The number of ether oxygens (including phenoxy) is 1. The Hall–Kier alpha value is -1.30. The second-order valence-corrected chi connectivity index (χ2v) is 7.52. The van der Waals surface area contributed by atoms with E-state index in [-0.39, 0.29) is 12.0 Å². The highest BCUT2D eigenvalue weighted by Crippen LogP contribution is 2.41. The summed E-state index contributed by atoms with van der Waals surface area (Å²) in [6, 6.07) is 0. The Balaban J connectivity index is 2.99. The van der Waals surface area contributed by atoms with E-state index < -0.39 is 5.60 Å². The van der Waals surface area contributed by atoms with Gasteiger partial charge < -0.3 is 9.84 Å². The Morgan fingerprint density at radius 1 is 1.42 bits per heavy atom. The summed E-state index contributed by atoms with van der Waals surface area (Å²) >= 11 is 0. The van der Waals surface area contributed by atoms with Gasteiger partial charge in [0.2, 0.25) is 0 Å². The van der Waals surface area contributed by atoms with Gasteiger partial charge in [0.1, 0.15) is 5.60 Å². The second-order valence-electron chi connectivity index (χ2n) is 7.52. The summed E-state index contributed by atoms with van der Waals surface area (Å²) in [4.78, 5) is 0. The van der Waals surface area contributed by atoms with Gasteiger partial charge in [-0.3, -0.25) is 0 Å². The van der Waals surface area contributed by atoms with E-state index in [0.29, 0.717) is 13.0 Å². The van der Waals surface area contributed by atoms with Crippen LogP contribution >= 0.6 is 0 Å². The molecule has 0 fully saturated rings. The van der Waals surface area contributed by atoms with Crippen LogP contribution in [0.2, 0.25) is 0 Å². The standard InChI is InChI=1S/C22H34O2/c1-7-24-22(6,15-8-10-18(2)13-17-23)16-12-20-19(3)11-9-14-21(20,4)5/h12-13,16,23H,7,9-11,14,17H2,1-6H3/b16-12+,18-13+. The zero-order chi connectivity index (χ0) is 18.2. The van der Waals surface area contributed by atoms with Crippen LogP contribution in [0.15, 0.2) is 34.9 Å². The zero-order valence-electron chi connectivity index (χ0n) is 16.3. The highest BCUT2D eigenvalue weighted by atomic mass is 16.5. The number of hydrogen-bond donors (Lipinski definition) is 1. The molecule has 0 aromatic heterocycles. The third kappa shape index (κ3) is 6.30. The summed E-state index contributed by atoms with van der Waals surface area (Å²) in [6.07, 6.45) is 10.5. The van der Waals surface area contributed by atoms with Crippen molar-refractivity contribution in [1.82, 2.24) is 0 Å². The molecule has 1 unspecified atom stereocenters. The lowest BCUT2D eigenvalue weighted by atomic mass is 9.72. The van der Waals surface area contributed by atoms with E-state index in [1.807, 2.05) is 20.8 Å². The molecular formula is C22H34O2. The van der Waals surface area contributed by atoms with Crippen LogP contribution < -0.4 is 0 Å². The first-order chi connectivity index (χ1) is 11.2. The molecule has 1 rings (SSSR count). The largest absolute Gasteiger partial charge is 0.392 e. The third-order valence-corrected chi connectivity index (χ3v) is 4.70. The van der Waals surface area contributed by atoms with E-state index in [9.17, 15) is 0 Å². The molecule has 1 aliphatic rings. The summed E-state index contributed by atoms with van der Waals surface area (Å²) in [6.45, 7) is 13.6. The minimum absolute atomic E-state index is 0.0681. The van der Waals surface area contributed by atoms with Gasteiger partial charge in [0.15, 0.2) is 0 Å². The molecule has 0 aromatic rings. The molecule has 1 aliphatic carbocycles. The minimum Gasteiger partial charge on any atom is -0.392 e. The highest BCUT2D eigenvalue weighted by Gasteiger charge is 2.27. The molecule has 0 saturated carbocycles. The average molecular weight is 331 g/mol. The van der Waals surface area contributed by atoms with Crippen LogP contribution in [0.4, 0.5) is 0 Å². The van der Waals surface area contributed by atoms with Crippen LogP contribution in [0.25, 0.3) is 0 Å². The van der Waals surface area contributed by atoms with Crippen molar-refractivity contribution in [3.05, 3.63) is 34.9 Å². The normalized spacial score (nSPS) is 20.7. The van der Waals surface area contributed by atoms with Crippen LogP contribution in [-0.2, 0) is 4.74 Å². The summed E-state index contributed by atoms with van der Waals surface area (Å²) in [5, 5.41) is 8.92. The molecule has 0 aliphatic heterocycles. The van der Waals surface area contributed by atoms with E-state index >= 15 is 0 Å². The van der Waals surface area contributed by atoms with Crippen molar-refractivity contribution in [3.63, 3.8) is 0 Å². The summed E-state index contributed by atoms with van der Waals surface area (Å²) in [7, 11) is 0. The van der Waals surface area contributed by atoms with Crippen molar-refractivity contribution >= 4 is 0 Å². The van der Waals surface area contributed by atoms with E-state index in [0.717, 1.165) is 5.57 Å². The first kappa shape index (κ1) is 20.7. The number of hydrogen-bond acceptors (Lipinski definition) is 2. The smallest absolute Gasteiger partial charge is 0.144 e. The van der Waals surface area contributed by atoms with Gasteiger partial charge in [-0.1, -0.05) is 49.0 Å². The highest BCUT2D eigenvalue weighted by molar-refractivity contribution is 5.36. The van der Waals surface area contributed by atoms with Gasteiger partial charge in [-0.05, 0) is 64.0 Å². The Labute approximate surface area is 148 Å². The van der Waals surface area contributed by atoms with Crippen LogP contribution in [0.5, 0.6) is 0 Å². The van der Waals surface area contributed by atoms with Crippen molar-refractivity contribution in [1.29, 1.82) is 0 Å². The summed E-state index contributed by atoms with van der Waals surface area (Å²) in [5.74, 6) is 6.46. The summed E-state index contributed by atoms with van der Waals surface area (Å²) in [5.41, 5.74) is 3.64. The van der Waals surface area contributed by atoms with E-state index in [1.165, 1.54) is 30.4 Å². The molecule has 0 amide bonds. The van der Waals surface area contributed by atoms with E-state index in [4.69, 9.17) is 9.84 Å². The Kier molecular flexibility index (Phi) is 8.00. The molecule has 0 aromatic carbocycles. The van der Waals surface area contributed by atoms with Crippen LogP contribution in [0, 0.1) is 17.3 Å². The molecule has 2 nitrogen and oxygen atoms in total. The quantitative estimate of drug-likeness (QED) is 0.536. The molecule has 134 valence electrons. The van der Waals surface area contributed by atoms with E-state index in [2.05, 4.69) is 44.8 Å². The van der Waals surface area contributed by atoms with Crippen LogP contribution in [-0.4, -0.2) is 23.9 Å². The number of aliphatic hydroxyl groups excluding tert-OH is 1. The fourth-order valence-electron chi connectivity index (χ4n) is 3.27. The molecule has 1 atom stereocenters. The van der Waals surface area contributed by atoms with Crippen molar-refractivity contribution in [2.75, 3.05) is 13.2 Å². The van der Waals surface area contributed by atoms with Crippen LogP contribution in [0.3, 0.4) is 0 Å². The van der Waals surface area contributed by atoms with Crippen molar-refractivity contribution in [3.8, 4) is 11.8 Å². The van der Waals surface area contributed by atoms with Gasteiger partial charge in [0.05, 0.1) is 6.61 Å². The first-order valence-electron chi connectivity index (χ1n) is 9.04. The van der Waals surface area contributed by atoms with Gasteiger partial charge in [-0.25, -0.2) is 0 Å². The maximum absolute atomic E-state index is 8.92. The monoisotopic (exact) mass is 330 g/mol. The maximum Gasteiger partial charge on any atom is 0.144 e. The van der Waals surface area contributed by atoms with Gasteiger partial charge in [0.25, 0.3) is 0 Å². The average Bonchev–Trinajstić information content (AvgIpc) is 2.46. The van der Waals surface area contributed by atoms with Crippen molar-refractivity contribution < 1.29 is 9.84 Å². The van der Waals surface area contributed by atoms with Gasteiger partial charge >= 0.3 is 0 Å². The van der Waals surface area contributed by atoms with Gasteiger partial charge in [-0.15, -0.1) is 0 Å². The first-order valence-corrected chi connectivity index (χ1v) is 9.04. The SMILES string of the molecule is CCOC(C)(C#CC/C(C)=C/CO)/C=C/C1=C(C)CCCC1(C)C. The topological polar surface area (TPSA) is 29.5 Å². The van der Waals surface area contributed by atoms with Crippen molar-refractivity contribution in [2.45, 2.75) is 72.8 Å². The molecule has 24 heavy (non-hydrogen) atoms. The Bertz CT molecular complexity index is 567. The molecule has 0 bridgehead atoms. The molecule has 2 heteroatoms.